The monoisotopic (exact) mass is 204 g/mol. The summed E-state index contributed by atoms with van der Waals surface area (Å²) in [5, 5.41) is 0. The minimum Gasteiger partial charge on any atom is -0.100 e. The second kappa shape index (κ2) is 10.8. The maximum absolute atomic E-state index is 3.56. The number of hydrogen-bond acceptors (Lipinski definition) is 0. The Morgan fingerprint density at radius 2 is 1.07 bits per heavy atom. The van der Waals surface area contributed by atoms with Crippen molar-refractivity contribution in [1.29, 1.82) is 0 Å². The highest BCUT2D eigenvalue weighted by Gasteiger charge is 1.72. The van der Waals surface area contributed by atoms with E-state index in [1.165, 1.54) is 16.7 Å². The van der Waals surface area contributed by atoms with Gasteiger partial charge in [-0.1, -0.05) is 47.0 Å². The van der Waals surface area contributed by atoms with Gasteiger partial charge in [-0.3, -0.25) is 0 Å². The van der Waals surface area contributed by atoms with E-state index in [0.717, 1.165) is 0 Å². The summed E-state index contributed by atoms with van der Waals surface area (Å²) in [5.74, 6) is 0. The smallest absolute Gasteiger partial charge is 0.0398 e. The fraction of sp³-hybridized carbons (Fsp3) is 0.333. The first kappa shape index (κ1) is 16.1. The summed E-state index contributed by atoms with van der Waals surface area (Å²) in [6.45, 7) is 17.1. The summed E-state index contributed by atoms with van der Waals surface area (Å²) in [7, 11) is 0. The number of allylic oxidation sites excluding steroid dienone is 2. The Morgan fingerprint density at radius 3 is 1.20 bits per heavy atom. The molecule has 1 aromatic rings. The highest BCUT2D eigenvalue weighted by molar-refractivity contribution is 5.11. The molecule has 0 radical (unpaired) electrons. The Kier molecular flexibility index (Phi) is 11.6. The molecule has 0 bridgehead atoms. The maximum atomic E-state index is 3.56. The van der Waals surface area contributed by atoms with Crippen LogP contribution in [0.2, 0.25) is 0 Å². The Morgan fingerprint density at radius 1 is 0.800 bits per heavy atom. The highest BCUT2D eigenvalue weighted by atomic mass is 13.8. The number of aryl methyl sites for hydroxylation is 1. The molecule has 0 atom stereocenters. The molecule has 0 aliphatic heterocycles. The van der Waals surface area contributed by atoms with Crippen molar-refractivity contribution in [3.8, 4) is 0 Å². The molecule has 1 aromatic carbocycles. The average Bonchev–Trinajstić information content (AvgIpc) is 2.03. The van der Waals surface area contributed by atoms with Crippen LogP contribution < -0.4 is 0 Å². The summed E-state index contributed by atoms with van der Waals surface area (Å²) < 4.78 is 0. The molecule has 0 saturated heterocycles. The highest BCUT2D eigenvalue weighted by Crippen LogP contribution is 1.92. The van der Waals surface area contributed by atoms with Crippen LogP contribution in [0.4, 0.5) is 0 Å². The normalized spacial score (nSPS) is 7.53. The lowest BCUT2D eigenvalue weighted by Gasteiger charge is -1.82. The molecule has 0 aliphatic rings. The zero-order valence-corrected chi connectivity index (χ0v) is 10.8. The Labute approximate surface area is 95.3 Å². The molecule has 1 rings (SSSR count). The fourth-order valence-corrected chi connectivity index (χ4v) is 0.534. The minimum absolute atomic E-state index is 1.17. The van der Waals surface area contributed by atoms with Crippen LogP contribution in [0.5, 0.6) is 0 Å². The van der Waals surface area contributed by atoms with Gasteiger partial charge < -0.3 is 0 Å². The summed E-state index contributed by atoms with van der Waals surface area (Å²) in [4.78, 5) is 0. The standard InChI is InChI=1S/C7H8.2C4H8/c1-7-5-3-2-4-6-7;2*1-4(2)3/h2-6H,1H3;2*1H2,2-3H3. The third kappa shape index (κ3) is 32.4. The molecule has 0 N–H and O–H groups in total. The lowest BCUT2D eigenvalue weighted by molar-refractivity contribution is 1.42. The number of hydrogen-bond donors (Lipinski definition) is 0. The summed E-state index contributed by atoms with van der Waals surface area (Å²) in [6, 6.07) is 10.3. The predicted molar refractivity (Wildman–Crippen MR) is 72.2 cm³/mol. The van der Waals surface area contributed by atoms with E-state index in [4.69, 9.17) is 0 Å². The average molecular weight is 204 g/mol. The fourth-order valence-electron chi connectivity index (χ4n) is 0.534. The molecular formula is C15H24. The largest absolute Gasteiger partial charge is 0.100 e. The molecule has 0 fully saturated rings. The van der Waals surface area contributed by atoms with Crippen molar-refractivity contribution in [3.05, 3.63) is 60.2 Å². The lowest BCUT2D eigenvalue weighted by Crippen LogP contribution is -1.62. The molecule has 0 heterocycles. The molecule has 0 heteroatoms. The molecule has 15 heavy (non-hydrogen) atoms. The van der Waals surface area contributed by atoms with E-state index in [2.05, 4.69) is 32.2 Å². The second-order valence-electron chi connectivity index (χ2n) is 4.07. The van der Waals surface area contributed by atoms with E-state index in [0.29, 0.717) is 0 Å². The molecule has 0 saturated carbocycles. The van der Waals surface area contributed by atoms with Gasteiger partial charge in [0.15, 0.2) is 0 Å². The van der Waals surface area contributed by atoms with Crippen molar-refractivity contribution >= 4 is 0 Å². The van der Waals surface area contributed by atoms with Crippen LogP contribution in [0.15, 0.2) is 54.6 Å². The van der Waals surface area contributed by atoms with Crippen LogP contribution in [0.3, 0.4) is 0 Å². The maximum Gasteiger partial charge on any atom is -0.0398 e. The number of benzene rings is 1. The second-order valence-corrected chi connectivity index (χ2v) is 4.07. The molecule has 0 aliphatic carbocycles. The Bertz CT molecular complexity index is 247. The molecular weight excluding hydrogens is 180 g/mol. The van der Waals surface area contributed by atoms with Crippen LogP contribution in [0.25, 0.3) is 0 Å². The number of rotatable bonds is 0. The summed E-state index contributed by atoms with van der Waals surface area (Å²) in [5.41, 5.74) is 3.66. The van der Waals surface area contributed by atoms with Crippen LogP contribution in [0, 0.1) is 6.92 Å². The van der Waals surface area contributed by atoms with Gasteiger partial charge in [-0.15, -0.1) is 13.2 Å². The van der Waals surface area contributed by atoms with Crippen LogP contribution in [0.1, 0.15) is 33.3 Å². The quantitative estimate of drug-likeness (QED) is 0.512. The first-order valence-electron chi connectivity index (χ1n) is 5.12. The van der Waals surface area contributed by atoms with E-state index >= 15 is 0 Å². The predicted octanol–water partition coefficient (Wildman–Crippen LogP) is 5.16. The van der Waals surface area contributed by atoms with Gasteiger partial charge in [-0.05, 0) is 34.6 Å². The van der Waals surface area contributed by atoms with Gasteiger partial charge in [0.1, 0.15) is 0 Å². The van der Waals surface area contributed by atoms with Gasteiger partial charge in [0, 0.05) is 0 Å². The molecule has 0 aromatic heterocycles. The van der Waals surface area contributed by atoms with E-state index < -0.39 is 0 Å². The van der Waals surface area contributed by atoms with Gasteiger partial charge in [-0.25, -0.2) is 0 Å². The van der Waals surface area contributed by atoms with Crippen molar-refractivity contribution in [3.63, 3.8) is 0 Å². The van der Waals surface area contributed by atoms with E-state index in [1.807, 2.05) is 45.9 Å². The van der Waals surface area contributed by atoms with E-state index in [1.54, 1.807) is 0 Å². The first-order chi connectivity index (χ1) is 6.86. The third-order valence-corrected chi connectivity index (χ3v) is 0.940. The lowest BCUT2D eigenvalue weighted by atomic mass is 10.2. The van der Waals surface area contributed by atoms with Crippen LogP contribution >= 0.6 is 0 Å². The summed E-state index contributed by atoms with van der Waals surface area (Å²) in [6.07, 6.45) is 0. The molecule has 0 spiro atoms. The van der Waals surface area contributed by atoms with Gasteiger partial charge in [0.25, 0.3) is 0 Å². The van der Waals surface area contributed by atoms with E-state index in [9.17, 15) is 0 Å². The molecule has 0 unspecified atom stereocenters. The van der Waals surface area contributed by atoms with Crippen molar-refractivity contribution in [1.82, 2.24) is 0 Å². The zero-order chi connectivity index (χ0) is 12.3. The van der Waals surface area contributed by atoms with Crippen LogP contribution in [-0.4, -0.2) is 0 Å². The van der Waals surface area contributed by atoms with Crippen molar-refractivity contribution in [2.75, 3.05) is 0 Å². The van der Waals surface area contributed by atoms with Gasteiger partial charge >= 0.3 is 0 Å². The van der Waals surface area contributed by atoms with Gasteiger partial charge in [0.2, 0.25) is 0 Å². The zero-order valence-electron chi connectivity index (χ0n) is 10.8. The van der Waals surface area contributed by atoms with Gasteiger partial charge in [-0.2, -0.15) is 0 Å². The Hall–Kier alpha value is -1.30. The van der Waals surface area contributed by atoms with Crippen molar-refractivity contribution in [2.24, 2.45) is 0 Å². The minimum atomic E-state index is 1.17. The third-order valence-electron chi connectivity index (χ3n) is 0.940. The first-order valence-corrected chi connectivity index (χ1v) is 5.12. The molecule has 84 valence electrons. The summed E-state index contributed by atoms with van der Waals surface area (Å²) >= 11 is 0. The molecule has 0 amide bonds. The van der Waals surface area contributed by atoms with Crippen molar-refractivity contribution < 1.29 is 0 Å². The molecule has 0 nitrogen and oxygen atoms in total. The topological polar surface area (TPSA) is 0 Å². The van der Waals surface area contributed by atoms with E-state index in [-0.39, 0.29) is 0 Å². The van der Waals surface area contributed by atoms with Crippen molar-refractivity contribution in [2.45, 2.75) is 34.6 Å². The Balaban J connectivity index is 0. The SMILES string of the molecule is C=C(C)C.C=C(C)C.Cc1ccccc1. The van der Waals surface area contributed by atoms with Gasteiger partial charge in [0.05, 0.1) is 0 Å². The van der Waals surface area contributed by atoms with Crippen LogP contribution in [-0.2, 0) is 0 Å².